The van der Waals surface area contributed by atoms with Gasteiger partial charge in [0, 0.05) is 6.54 Å². The van der Waals surface area contributed by atoms with Crippen molar-refractivity contribution in [2.24, 2.45) is 0 Å². The SMILES string of the molecule is COc1ccc(C(CN2C(=O)C(O)=C(C(=O)c3ccco3)C2c2ccc(OC)cc2)N2CCCC2)cc1. The molecule has 3 heterocycles. The molecule has 8 heteroatoms. The lowest BCUT2D eigenvalue weighted by Gasteiger charge is -2.35. The molecule has 0 radical (unpaired) electrons. The van der Waals surface area contributed by atoms with Crippen LogP contribution in [-0.4, -0.2) is 60.5 Å². The number of aliphatic hydroxyl groups is 1. The predicted octanol–water partition coefficient (Wildman–Crippen LogP) is 4.71. The Hall–Kier alpha value is -4.04. The molecule has 8 nitrogen and oxygen atoms in total. The van der Waals surface area contributed by atoms with Crippen LogP contribution in [0.1, 0.15) is 46.6 Å². The van der Waals surface area contributed by atoms with Gasteiger partial charge in [0.1, 0.15) is 11.5 Å². The lowest BCUT2D eigenvalue weighted by Crippen LogP contribution is -2.40. The van der Waals surface area contributed by atoms with Crippen molar-refractivity contribution in [3.8, 4) is 11.5 Å². The van der Waals surface area contributed by atoms with Crippen molar-refractivity contribution in [3.05, 3.63) is 95.1 Å². The van der Waals surface area contributed by atoms with Crippen LogP contribution in [0, 0.1) is 0 Å². The van der Waals surface area contributed by atoms with E-state index in [0.29, 0.717) is 17.9 Å². The van der Waals surface area contributed by atoms with E-state index in [4.69, 9.17) is 13.9 Å². The topological polar surface area (TPSA) is 92.5 Å². The number of ketones is 1. The summed E-state index contributed by atoms with van der Waals surface area (Å²) in [5, 5.41) is 11.0. The van der Waals surface area contributed by atoms with Gasteiger partial charge in [0.05, 0.1) is 38.1 Å². The van der Waals surface area contributed by atoms with Crippen LogP contribution in [0.5, 0.6) is 11.5 Å². The van der Waals surface area contributed by atoms with Crippen molar-refractivity contribution in [3.63, 3.8) is 0 Å². The molecule has 2 unspecified atom stereocenters. The molecule has 1 N–H and O–H groups in total. The molecule has 1 saturated heterocycles. The minimum absolute atomic E-state index is 0.0139. The third-order valence-electron chi connectivity index (χ3n) is 7.18. The normalized spacial score (nSPS) is 18.9. The number of carbonyl (C=O) groups excluding carboxylic acids is 2. The Labute approximate surface area is 215 Å². The fraction of sp³-hybridized carbons (Fsp3) is 0.310. The maximum Gasteiger partial charge on any atom is 0.290 e. The molecule has 2 atom stereocenters. The van der Waals surface area contributed by atoms with Gasteiger partial charge in [0.15, 0.2) is 11.5 Å². The number of benzene rings is 2. The average molecular weight is 503 g/mol. The first kappa shape index (κ1) is 24.6. The Morgan fingerprint density at radius 1 is 1.00 bits per heavy atom. The molecule has 1 fully saturated rings. The average Bonchev–Trinajstić information content (AvgIpc) is 3.71. The van der Waals surface area contributed by atoms with Crippen molar-refractivity contribution >= 4 is 11.7 Å². The van der Waals surface area contributed by atoms with E-state index in [2.05, 4.69) is 4.90 Å². The van der Waals surface area contributed by atoms with Crippen LogP contribution in [0.3, 0.4) is 0 Å². The third-order valence-corrected chi connectivity index (χ3v) is 7.18. The van der Waals surface area contributed by atoms with Gasteiger partial charge in [-0.15, -0.1) is 0 Å². The number of hydrogen-bond acceptors (Lipinski definition) is 7. The van der Waals surface area contributed by atoms with Crippen molar-refractivity contribution in [1.29, 1.82) is 0 Å². The zero-order valence-corrected chi connectivity index (χ0v) is 20.9. The fourth-order valence-electron chi connectivity index (χ4n) is 5.24. The second-order valence-corrected chi connectivity index (χ2v) is 9.23. The summed E-state index contributed by atoms with van der Waals surface area (Å²) in [6.07, 6.45) is 3.55. The molecule has 5 rings (SSSR count). The van der Waals surface area contributed by atoms with Gasteiger partial charge in [-0.25, -0.2) is 0 Å². The number of carbonyl (C=O) groups is 2. The number of hydrogen-bond donors (Lipinski definition) is 1. The lowest BCUT2D eigenvalue weighted by atomic mass is 9.94. The van der Waals surface area contributed by atoms with Gasteiger partial charge in [0.2, 0.25) is 5.78 Å². The summed E-state index contributed by atoms with van der Waals surface area (Å²) in [5.41, 5.74) is 1.75. The maximum absolute atomic E-state index is 13.6. The number of ether oxygens (including phenoxy) is 2. The number of methoxy groups -OCH3 is 2. The third kappa shape index (κ3) is 4.72. The lowest BCUT2D eigenvalue weighted by molar-refractivity contribution is -0.130. The van der Waals surface area contributed by atoms with E-state index < -0.39 is 23.5 Å². The number of nitrogens with zero attached hydrogens (tertiary/aromatic N) is 2. The molecule has 1 amide bonds. The highest BCUT2D eigenvalue weighted by Gasteiger charge is 2.45. The minimum atomic E-state index is -0.778. The summed E-state index contributed by atoms with van der Waals surface area (Å²) in [5.74, 6) is -0.157. The summed E-state index contributed by atoms with van der Waals surface area (Å²) in [7, 11) is 3.20. The van der Waals surface area contributed by atoms with Gasteiger partial charge in [-0.1, -0.05) is 24.3 Å². The zero-order chi connectivity index (χ0) is 25.9. The molecule has 0 spiro atoms. The molecule has 0 bridgehead atoms. The molecule has 1 aromatic heterocycles. The van der Waals surface area contributed by atoms with E-state index >= 15 is 0 Å². The Morgan fingerprint density at radius 2 is 1.62 bits per heavy atom. The van der Waals surface area contributed by atoms with E-state index in [1.807, 2.05) is 36.4 Å². The van der Waals surface area contributed by atoms with Gasteiger partial charge in [-0.3, -0.25) is 14.5 Å². The van der Waals surface area contributed by atoms with Crippen LogP contribution in [0.2, 0.25) is 0 Å². The maximum atomic E-state index is 13.6. The van der Waals surface area contributed by atoms with Gasteiger partial charge < -0.3 is 23.9 Å². The van der Waals surface area contributed by atoms with E-state index in [1.54, 1.807) is 37.3 Å². The second-order valence-electron chi connectivity index (χ2n) is 9.23. The van der Waals surface area contributed by atoms with Crippen molar-refractivity contribution in [2.75, 3.05) is 33.9 Å². The number of amides is 1. The van der Waals surface area contributed by atoms with Crippen molar-refractivity contribution in [2.45, 2.75) is 24.9 Å². The van der Waals surface area contributed by atoms with Crippen molar-refractivity contribution in [1.82, 2.24) is 9.80 Å². The molecule has 0 saturated carbocycles. The summed E-state index contributed by atoms with van der Waals surface area (Å²) >= 11 is 0. The summed E-state index contributed by atoms with van der Waals surface area (Å²) in [6, 6.07) is 17.3. The predicted molar refractivity (Wildman–Crippen MR) is 137 cm³/mol. The van der Waals surface area contributed by atoms with Gasteiger partial charge in [-0.05, 0) is 73.5 Å². The molecule has 2 aliphatic heterocycles. The van der Waals surface area contributed by atoms with E-state index in [1.165, 1.54) is 12.3 Å². The number of Topliss-reactive ketones (excluding diaryl/α,β-unsaturated/α-hetero) is 1. The number of likely N-dealkylation sites (tertiary alicyclic amines) is 1. The number of furan rings is 1. The summed E-state index contributed by atoms with van der Waals surface area (Å²) < 4.78 is 16.0. The van der Waals surface area contributed by atoms with Crippen molar-refractivity contribution < 1.29 is 28.6 Å². The molecule has 192 valence electrons. The highest BCUT2D eigenvalue weighted by molar-refractivity contribution is 6.15. The fourth-order valence-corrected chi connectivity index (χ4v) is 5.24. The first-order valence-corrected chi connectivity index (χ1v) is 12.4. The molecular weight excluding hydrogens is 472 g/mol. The molecule has 2 aliphatic rings. The largest absolute Gasteiger partial charge is 0.503 e. The molecule has 2 aromatic carbocycles. The second kappa shape index (κ2) is 10.5. The number of rotatable bonds is 9. The highest BCUT2D eigenvalue weighted by Crippen LogP contribution is 2.41. The molecular formula is C29H30N2O6. The monoisotopic (exact) mass is 502 g/mol. The van der Waals surface area contributed by atoms with Crippen LogP contribution in [-0.2, 0) is 4.79 Å². The summed E-state index contributed by atoms with van der Waals surface area (Å²) in [6.45, 7) is 2.11. The Bertz CT molecular complexity index is 1270. The van der Waals surface area contributed by atoms with Gasteiger partial charge >= 0.3 is 0 Å². The molecule has 0 aliphatic carbocycles. The smallest absolute Gasteiger partial charge is 0.290 e. The molecule has 3 aromatic rings. The highest BCUT2D eigenvalue weighted by atomic mass is 16.5. The first-order chi connectivity index (χ1) is 18.0. The van der Waals surface area contributed by atoms with Gasteiger partial charge in [-0.2, -0.15) is 0 Å². The first-order valence-electron chi connectivity index (χ1n) is 12.4. The van der Waals surface area contributed by atoms with Crippen LogP contribution in [0.15, 0.2) is 82.7 Å². The van der Waals surface area contributed by atoms with E-state index in [0.717, 1.165) is 37.2 Å². The zero-order valence-electron chi connectivity index (χ0n) is 20.9. The van der Waals surface area contributed by atoms with Crippen LogP contribution >= 0.6 is 0 Å². The van der Waals surface area contributed by atoms with E-state index in [9.17, 15) is 14.7 Å². The minimum Gasteiger partial charge on any atom is -0.503 e. The van der Waals surface area contributed by atoms with Crippen LogP contribution in [0.4, 0.5) is 0 Å². The standard InChI is InChI=1S/C29H30N2O6/c1-35-21-11-7-19(8-12-21)23(30-15-3-4-16-30)18-31-26(20-9-13-22(36-2)14-10-20)25(28(33)29(31)34)27(32)24-6-5-17-37-24/h5-14,17,23,26,33H,3-4,15-16,18H2,1-2H3. The van der Waals surface area contributed by atoms with Gasteiger partial charge in [0.25, 0.3) is 5.91 Å². The quantitative estimate of drug-likeness (QED) is 0.424. The number of aliphatic hydroxyl groups excluding tert-OH is 1. The Morgan fingerprint density at radius 3 is 2.19 bits per heavy atom. The van der Waals surface area contributed by atoms with Crippen LogP contribution < -0.4 is 9.47 Å². The Balaban J connectivity index is 1.55. The summed E-state index contributed by atoms with van der Waals surface area (Å²) in [4.78, 5) is 31.0. The molecule has 37 heavy (non-hydrogen) atoms. The van der Waals surface area contributed by atoms with Crippen LogP contribution in [0.25, 0.3) is 0 Å². The van der Waals surface area contributed by atoms with E-state index in [-0.39, 0.29) is 17.4 Å². The Kier molecular flexibility index (Phi) is 7.01.